The molecule has 5 heteroatoms. The number of ether oxygens (including phenoxy) is 2. The Morgan fingerprint density at radius 3 is 2.79 bits per heavy atom. The molecule has 0 heterocycles. The van der Waals surface area contributed by atoms with Gasteiger partial charge in [0.1, 0.15) is 0 Å². The second-order valence-electron chi connectivity index (χ2n) is 4.73. The molecule has 1 saturated carbocycles. The van der Waals surface area contributed by atoms with Gasteiger partial charge in [-0.3, -0.25) is 0 Å². The summed E-state index contributed by atoms with van der Waals surface area (Å²) in [5.74, 6) is 0.232. The third-order valence-corrected chi connectivity index (χ3v) is 3.50. The third-order valence-electron chi connectivity index (χ3n) is 3.27. The van der Waals surface area contributed by atoms with Crippen molar-refractivity contribution in [2.75, 3.05) is 26.1 Å². The molecule has 0 amide bonds. The fourth-order valence-electron chi connectivity index (χ4n) is 2.10. The second-order valence-corrected chi connectivity index (χ2v) is 5.16. The van der Waals surface area contributed by atoms with E-state index in [0.29, 0.717) is 28.8 Å². The van der Waals surface area contributed by atoms with Gasteiger partial charge in [-0.25, -0.2) is 4.79 Å². The van der Waals surface area contributed by atoms with E-state index >= 15 is 0 Å². The Kier molecular flexibility index (Phi) is 4.66. The first-order valence-electron chi connectivity index (χ1n) is 6.29. The highest BCUT2D eigenvalue weighted by atomic mass is 35.5. The summed E-state index contributed by atoms with van der Waals surface area (Å²) in [5, 5.41) is 3.94. The van der Waals surface area contributed by atoms with Gasteiger partial charge in [-0.1, -0.05) is 11.6 Å². The van der Waals surface area contributed by atoms with Crippen molar-refractivity contribution in [1.82, 2.24) is 0 Å². The first-order chi connectivity index (χ1) is 9.15. The van der Waals surface area contributed by atoms with Gasteiger partial charge in [-0.05, 0) is 37.0 Å². The molecular formula is C14H18ClNO3. The number of methoxy groups -OCH3 is 2. The molecular weight excluding hydrogens is 266 g/mol. The number of carbonyl (C=O) groups is 1. The van der Waals surface area contributed by atoms with Crippen LogP contribution < -0.4 is 5.32 Å². The SMILES string of the molecule is COCC(Nc1cc(Cl)ccc1C(=O)OC)C1CC1. The molecule has 0 aromatic heterocycles. The quantitative estimate of drug-likeness (QED) is 0.816. The molecule has 1 aliphatic carbocycles. The molecule has 1 aromatic carbocycles. The molecule has 1 atom stereocenters. The first kappa shape index (κ1) is 14.2. The maximum absolute atomic E-state index is 11.7. The van der Waals surface area contributed by atoms with Crippen LogP contribution >= 0.6 is 11.6 Å². The van der Waals surface area contributed by atoms with Crippen molar-refractivity contribution in [1.29, 1.82) is 0 Å². The van der Waals surface area contributed by atoms with Crippen LogP contribution in [0.1, 0.15) is 23.2 Å². The number of halogens is 1. The molecule has 1 N–H and O–H groups in total. The monoisotopic (exact) mass is 283 g/mol. The van der Waals surface area contributed by atoms with Crippen molar-refractivity contribution in [2.45, 2.75) is 18.9 Å². The molecule has 1 fully saturated rings. The van der Waals surface area contributed by atoms with Gasteiger partial charge in [0.05, 0.1) is 31.0 Å². The zero-order valence-corrected chi connectivity index (χ0v) is 11.9. The summed E-state index contributed by atoms with van der Waals surface area (Å²) in [7, 11) is 3.05. The Labute approximate surface area is 118 Å². The molecule has 0 saturated heterocycles. The van der Waals surface area contributed by atoms with E-state index in [-0.39, 0.29) is 12.0 Å². The van der Waals surface area contributed by atoms with E-state index in [1.54, 1.807) is 25.3 Å². The lowest BCUT2D eigenvalue weighted by atomic mass is 10.1. The zero-order valence-electron chi connectivity index (χ0n) is 11.1. The summed E-state index contributed by atoms with van der Waals surface area (Å²) in [6, 6.07) is 5.31. The Morgan fingerprint density at radius 1 is 1.47 bits per heavy atom. The predicted molar refractivity (Wildman–Crippen MR) is 74.8 cm³/mol. The number of rotatable bonds is 6. The number of hydrogen-bond acceptors (Lipinski definition) is 4. The molecule has 1 aliphatic rings. The number of hydrogen-bond donors (Lipinski definition) is 1. The topological polar surface area (TPSA) is 47.6 Å². The average Bonchev–Trinajstić information content (AvgIpc) is 3.22. The lowest BCUT2D eigenvalue weighted by molar-refractivity contribution is 0.0601. The van der Waals surface area contributed by atoms with E-state index < -0.39 is 0 Å². The lowest BCUT2D eigenvalue weighted by Gasteiger charge is -2.20. The molecule has 1 unspecified atom stereocenters. The Bertz CT molecular complexity index is 460. The predicted octanol–water partition coefficient (Wildman–Crippen LogP) is 2.96. The van der Waals surface area contributed by atoms with Crippen LogP contribution in [0.15, 0.2) is 18.2 Å². The van der Waals surface area contributed by atoms with Gasteiger partial charge in [-0.15, -0.1) is 0 Å². The van der Waals surface area contributed by atoms with Crippen molar-refractivity contribution in [3.63, 3.8) is 0 Å². The van der Waals surface area contributed by atoms with E-state index in [4.69, 9.17) is 21.1 Å². The minimum Gasteiger partial charge on any atom is -0.465 e. The van der Waals surface area contributed by atoms with Crippen LogP contribution in [-0.4, -0.2) is 32.8 Å². The summed E-state index contributed by atoms with van der Waals surface area (Å²) in [5.41, 5.74) is 1.20. The van der Waals surface area contributed by atoms with Crippen molar-refractivity contribution >= 4 is 23.3 Å². The summed E-state index contributed by atoms with van der Waals surface area (Å²) in [6.07, 6.45) is 2.38. The van der Waals surface area contributed by atoms with Crippen LogP contribution in [-0.2, 0) is 9.47 Å². The van der Waals surface area contributed by atoms with Gasteiger partial charge in [0.2, 0.25) is 0 Å². The first-order valence-corrected chi connectivity index (χ1v) is 6.67. The molecule has 0 aliphatic heterocycles. The van der Waals surface area contributed by atoms with Crippen LogP contribution in [0.4, 0.5) is 5.69 Å². The van der Waals surface area contributed by atoms with Crippen LogP contribution in [0.25, 0.3) is 0 Å². The van der Waals surface area contributed by atoms with E-state index in [0.717, 1.165) is 0 Å². The Balaban J connectivity index is 2.21. The molecule has 2 rings (SSSR count). The van der Waals surface area contributed by atoms with Crippen LogP contribution in [0.2, 0.25) is 5.02 Å². The van der Waals surface area contributed by atoms with Crippen LogP contribution in [0, 0.1) is 5.92 Å². The van der Waals surface area contributed by atoms with Gasteiger partial charge in [0, 0.05) is 12.1 Å². The van der Waals surface area contributed by atoms with Gasteiger partial charge in [0.15, 0.2) is 0 Å². The largest absolute Gasteiger partial charge is 0.465 e. The van der Waals surface area contributed by atoms with Crippen molar-refractivity contribution in [3.05, 3.63) is 28.8 Å². The summed E-state index contributed by atoms with van der Waals surface area (Å²) < 4.78 is 10.0. The minimum absolute atomic E-state index is 0.201. The molecule has 0 radical (unpaired) electrons. The standard InChI is InChI=1S/C14H18ClNO3/c1-18-8-13(9-3-4-9)16-12-7-10(15)5-6-11(12)14(17)19-2/h5-7,9,13,16H,3-4,8H2,1-2H3. The maximum atomic E-state index is 11.7. The van der Waals surface area contributed by atoms with E-state index in [2.05, 4.69) is 5.32 Å². The van der Waals surface area contributed by atoms with E-state index in [1.807, 2.05) is 0 Å². The highest BCUT2D eigenvalue weighted by Gasteiger charge is 2.31. The van der Waals surface area contributed by atoms with Gasteiger partial charge >= 0.3 is 5.97 Å². The molecule has 0 spiro atoms. The molecule has 104 valence electrons. The number of nitrogens with one attached hydrogen (secondary N) is 1. The number of anilines is 1. The lowest BCUT2D eigenvalue weighted by Crippen LogP contribution is -2.28. The van der Waals surface area contributed by atoms with Crippen molar-refractivity contribution in [2.24, 2.45) is 5.92 Å². The molecule has 1 aromatic rings. The maximum Gasteiger partial charge on any atom is 0.339 e. The Hall–Kier alpha value is -1.26. The third kappa shape index (κ3) is 3.61. The fourth-order valence-corrected chi connectivity index (χ4v) is 2.27. The number of esters is 1. The Morgan fingerprint density at radius 2 is 2.21 bits per heavy atom. The van der Waals surface area contributed by atoms with E-state index in [1.165, 1.54) is 20.0 Å². The smallest absolute Gasteiger partial charge is 0.339 e. The van der Waals surface area contributed by atoms with Gasteiger partial charge < -0.3 is 14.8 Å². The highest BCUT2D eigenvalue weighted by Crippen LogP contribution is 2.35. The molecule has 19 heavy (non-hydrogen) atoms. The van der Waals surface area contributed by atoms with Gasteiger partial charge in [-0.2, -0.15) is 0 Å². The van der Waals surface area contributed by atoms with Crippen LogP contribution in [0.3, 0.4) is 0 Å². The van der Waals surface area contributed by atoms with Crippen molar-refractivity contribution < 1.29 is 14.3 Å². The minimum atomic E-state index is -0.369. The van der Waals surface area contributed by atoms with Crippen LogP contribution in [0.5, 0.6) is 0 Å². The fraction of sp³-hybridized carbons (Fsp3) is 0.500. The normalized spacial score (nSPS) is 15.9. The van der Waals surface area contributed by atoms with Gasteiger partial charge in [0.25, 0.3) is 0 Å². The molecule has 0 bridgehead atoms. The highest BCUT2D eigenvalue weighted by molar-refractivity contribution is 6.31. The average molecular weight is 284 g/mol. The summed E-state index contributed by atoms with van der Waals surface area (Å²) in [4.78, 5) is 11.7. The number of benzene rings is 1. The van der Waals surface area contributed by atoms with Crippen molar-refractivity contribution in [3.8, 4) is 0 Å². The van der Waals surface area contributed by atoms with E-state index in [9.17, 15) is 4.79 Å². The summed E-state index contributed by atoms with van der Waals surface area (Å²) in [6.45, 7) is 0.609. The zero-order chi connectivity index (χ0) is 13.8. The summed E-state index contributed by atoms with van der Waals surface area (Å²) >= 11 is 6.00. The second kappa shape index (κ2) is 6.26. The molecule has 4 nitrogen and oxygen atoms in total. The number of carbonyl (C=O) groups excluding carboxylic acids is 1.